The highest BCUT2D eigenvalue weighted by atomic mass is 32.1. The van der Waals surface area contributed by atoms with Crippen molar-refractivity contribution < 1.29 is 9.53 Å². The van der Waals surface area contributed by atoms with Crippen LogP contribution in [0.5, 0.6) is 5.75 Å². The van der Waals surface area contributed by atoms with E-state index >= 15 is 0 Å². The first-order valence-corrected chi connectivity index (χ1v) is 9.23. The topological polar surface area (TPSA) is 64.1 Å². The van der Waals surface area contributed by atoms with Gasteiger partial charge in [-0.15, -0.1) is 11.3 Å². The summed E-state index contributed by atoms with van der Waals surface area (Å²) in [5.74, 6) is 0.711. The summed E-state index contributed by atoms with van der Waals surface area (Å²) in [6.45, 7) is 6.75. The monoisotopic (exact) mass is 367 g/mol. The minimum Gasteiger partial charge on any atom is -0.491 e. The van der Waals surface area contributed by atoms with Crippen LogP contribution in [0.3, 0.4) is 0 Å². The molecule has 0 unspecified atom stereocenters. The molecule has 0 aliphatic heterocycles. The van der Waals surface area contributed by atoms with Gasteiger partial charge in [0.15, 0.2) is 0 Å². The highest BCUT2D eigenvalue weighted by Crippen LogP contribution is 2.26. The summed E-state index contributed by atoms with van der Waals surface area (Å²) in [7, 11) is 0. The Labute approximate surface area is 157 Å². The summed E-state index contributed by atoms with van der Waals surface area (Å²) in [5.41, 5.74) is 3.78. The molecular formula is C20H21N3O2S. The molecule has 3 rings (SSSR count). The largest absolute Gasteiger partial charge is 0.491 e. The minimum atomic E-state index is -0.133. The minimum absolute atomic E-state index is 0.133. The number of benzene rings is 1. The lowest BCUT2D eigenvalue weighted by Gasteiger charge is -2.10. The van der Waals surface area contributed by atoms with E-state index in [1.54, 1.807) is 6.20 Å². The number of pyridine rings is 1. The van der Waals surface area contributed by atoms with Crippen LogP contribution in [-0.4, -0.2) is 29.0 Å². The number of aromatic nitrogens is 2. The van der Waals surface area contributed by atoms with Crippen molar-refractivity contribution in [3.05, 3.63) is 64.3 Å². The van der Waals surface area contributed by atoms with E-state index in [1.807, 2.05) is 51.1 Å². The van der Waals surface area contributed by atoms with Crippen molar-refractivity contribution in [3.8, 4) is 16.5 Å². The molecular weight excluding hydrogens is 346 g/mol. The van der Waals surface area contributed by atoms with Gasteiger partial charge in [0.2, 0.25) is 0 Å². The zero-order valence-electron chi connectivity index (χ0n) is 15.1. The Balaban J connectivity index is 1.56. The molecule has 0 atom stereocenters. The predicted octanol–water partition coefficient (Wildman–Crippen LogP) is 3.94. The van der Waals surface area contributed by atoms with Crippen LogP contribution >= 0.6 is 11.3 Å². The van der Waals surface area contributed by atoms with Crippen molar-refractivity contribution in [1.82, 2.24) is 15.3 Å². The van der Waals surface area contributed by atoms with E-state index in [4.69, 9.17) is 4.74 Å². The van der Waals surface area contributed by atoms with E-state index in [2.05, 4.69) is 21.4 Å². The third kappa shape index (κ3) is 4.26. The molecule has 0 bridgehead atoms. The zero-order valence-corrected chi connectivity index (χ0v) is 15.9. The second kappa shape index (κ2) is 8.10. The molecule has 0 spiro atoms. The molecule has 1 amide bonds. The van der Waals surface area contributed by atoms with Crippen molar-refractivity contribution >= 4 is 17.2 Å². The predicted molar refractivity (Wildman–Crippen MR) is 104 cm³/mol. The lowest BCUT2D eigenvalue weighted by molar-refractivity contribution is 0.0950. The van der Waals surface area contributed by atoms with E-state index < -0.39 is 0 Å². The van der Waals surface area contributed by atoms with Crippen molar-refractivity contribution in [3.63, 3.8) is 0 Å². The molecule has 0 saturated carbocycles. The number of nitrogens with zero attached hydrogens (tertiary/aromatic N) is 2. The van der Waals surface area contributed by atoms with Crippen molar-refractivity contribution in [2.75, 3.05) is 13.2 Å². The maximum absolute atomic E-state index is 12.4. The van der Waals surface area contributed by atoms with Gasteiger partial charge in [-0.1, -0.05) is 23.8 Å². The van der Waals surface area contributed by atoms with Crippen molar-refractivity contribution in [2.24, 2.45) is 0 Å². The quantitative estimate of drug-likeness (QED) is 0.670. The van der Waals surface area contributed by atoms with Crippen molar-refractivity contribution in [1.29, 1.82) is 0 Å². The lowest BCUT2D eigenvalue weighted by atomic mass is 10.1. The molecule has 3 aromatic rings. The molecule has 2 aromatic heterocycles. The van der Waals surface area contributed by atoms with Crippen LogP contribution in [0.2, 0.25) is 0 Å². The average Bonchev–Trinajstić information content (AvgIpc) is 3.03. The summed E-state index contributed by atoms with van der Waals surface area (Å²) >= 11 is 1.35. The Morgan fingerprint density at radius 1 is 1.19 bits per heavy atom. The second-order valence-corrected chi connectivity index (χ2v) is 7.02. The SMILES string of the molecule is Cc1ccc(OCCNC(=O)c2sc(-c3ccccn3)nc2C)c(C)c1. The number of nitrogens with one attached hydrogen (secondary N) is 1. The number of carbonyl (C=O) groups is 1. The van der Waals surface area contributed by atoms with Crippen molar-refractivity contribution in [2.45, 2.75) is 20.8 Å². The van der Waals surface area contributed by atoms with Gasteiger partial charge in [-0.25, -0.2) is 4.98 Å². The normalized spacial score (nSPS) is 10.6. The second-order valence-electron chi connectivity index (χ2n) is 6.02. The first-order valence-electron chi connectivity index (χ1n) is 8.41. The van der Waals surface area contributed by atoms with E-state index in [0.717, 1.165) is 22.0 Å². The van der Waals surface area contributed by atoms with Crippen LogP contribution in [0.4, 0.5) is 0 Å². The number of hydrogen-bond donors (Lipinski definition) is 1. The number of aryl methyl sites for hydroxylation is 3. The Kier molecular flexibility index (Phi) is 5.63. The fourth-order valence-electron chi connectivity index (χ4n) is 2.57. The van der Waals surface area contributed by atoms with Crippen LogP contribution < -0.4 is 10.1 Å². The Morgan fingerprint density at radius 3 is 2.77 bits per heavy atom. The highest BCUT2D eigenvalue weighted by Gasteiger charge is 2.16. The summed E-state index contributed by atoms with van der Waals surface area (Å²) in [5, 5.41) is 3.64. The molecule has 134 valence electrons. The highest BCUT2D eigenvalue weighted by molar-refractivity contribution is 7.17. The maximum Gasteiger partial charge on any atom is 0.263 e. The molecule has 5 nitrogen and oxygen atoms in total. The fraction of sp³-hybridized carbons (Fsp3) is 0.250. The van der Waals surface area contributed by atoms with Gasteiger partial charge in [0.05, 0.1) is 17.9 Å². The van der Waals surface area contributed by atoms with Gasteiger partial charge in [0.25, 0.3) is 5.91 Å². The number of amides is 1. The van der Waals surface area contributed by atoms with Gasteiger partial charge in [0, 0.05) is 6.20 Å². The first-order chi connectivity index (χ1) is 12.5. The van der Waals surface area contributed by atoms with Gasteiger partial charge < -0.3 is 10.1 Å². The number of carbonyl (C=O) groups excluding carboxylic acids is 1. The molecule has 0 aliphatic rings. The molecule has 0 aliphatic carbocycles. The number of thiazole rings is 1. The van der Waals surface area contributed by atoms with Crippen LogP contribution in [0.25, 0.3) is 10.7 Å². The Morgan fingerprint density at radius 2 is 2.04 bits per heavy atom. The van der Waals surface area contributed by atoms with Gasteiger partial charge in [-0.2, -0.15) is 0 Å². The average molecular weight is 367 g/mol. The summed E-state index contributed by atoms with van der Waals surface area (Å²) < 4.78 is 5.75. The standard InChI is InChI=1S/C20H21N3O2S/c1-13-7-8-17(14(2)12-13)25-11-10-22-19(24)18-15(3)23-20(26-18)16-6-4-5-9-21-16/h4-9,12H,10-11H2,1-3H3,(H,22,24). The zero-order chi connectivity index (χ0) is 18.5. The Hall–Kier alpha value is -2.73. The first kappa shape index (κ1) is 18.1. The number of hydrogen-bond acceptors (Lipinski definition) is 5. The van der Waals surface area contributed by atoms with Gasteiger partial charge in [0.1, 0.15) is 22.2 Å². The summed E-state index contributed by atoms with van der Waals surface area (Å²) in [6, 6.07) is 11.7. The molecule has 1 N–H and O–H groups in total. The molecule has 1 aromatic carbocycles. The lowest BCUT2D eigenvalue weighted by Crippen LogP contribution is -2.28. The maximum atomic E-state index is 12.4. The molecule has 0 saturated heterocycles. The number of rotatable bonds is 6. The molecule has 6 heteroatoms. The van der Waals surface area contributed by atoms with Gasteiger partial charge in [-0.05, 0) is 44.5 Å². The van der Waals surface area contributed by atoms with Gasteiger partial charge >= 0.3 is 0 Å². The summed E-state index contributed by atoms with van der Waals surface area (Å²) in [6.07, 6.45) is 1.72. The van der Waals surface area contributed by atoms with E-state index in [0.29, 0.717) is 23.7 Å². The number of ether oxygens (including phenoxy) is 1. The summed E-state index contributed by atoms with van der Waals surface area (Å²) in [4.78, 5) is 21.8. The van der Waals surface area contributed by atoms with Crippen LogP contribution in [0.1, 0.15) is 26.5 Å². The molecule has 0 fully saturated rings. The molecule has 26 heavy (non-hydrogen) atoms. The fourth-order valence-corrected chi connectivity index (χ4v) is 3.53. The van der Waals surface area contributed by atoms with Crippen LogP contribution in [0, 0.1) is 20.8 Å². The Bertz CT molecular complexity index is 907. The van der Waals surface area contributed by atoms with E-state index in [-0.39, 0.29) is 5.91 Å². The van der Waals surface area contributed by atoms with Gasteiger partial charge in [-0.3, -0.25) is 9.78 Å². The van der Waals surface area contributed by atoms with E-state index in [1.165, 1.54) is 16.9 Å². The van der Waals surface area contributed by atoms with E-state index in [9.17, 15) is 4.79 Å². The van der Waals surface area contributed by atoms with Crippen LogP contribution in [0.15, 0.2) is 42.6 Å². The molecule has 2 heterocycles. The third-order valence-corrected chi connectivity index (χ3v) is 5.04. The van der Waals surface area contributed by atoms with Crippen LogP contribution in [-0.2, 0) is 0 Å². The molecule has 0 radical (unpaired) electrons. The third-order valence-electron chi connectivity index (χ3n) is 3.86. The smallest absolute Gasteiger partial charge is 0.263 e.